The number of carbonyl (C=O) groups excluding carboxylic acids is 1. The molecule has 1 fully saturated rings. The van der Waals surface area contributed by atoms with Crippen LogP contribution in [0.15, 0.2) is 30.3 Å². The predicted molar refractivity (Wildman–Crippen MR) is 107 cm³/mol. The van der Waals surface area contributed by atoms with Gasteiger partial charge in [-0.3, -0.25) is 4.79 Å². The Morgan fingerprint density at radius 3 is 2.47 bits per heavy atom. The molecule has 11 heteroatoms. The van der Waals surface area contributed by atoms with Crippen molar-refractivity contribution in [2.45, 2.75) is 44.9 Å². The second kappa shape index (κ2) is 8.76. The van der Waals surface area contributed by atoms with Crippen molar-refractivity contribution in [3.63, 3.8) is 0 Å². The van der Waals surface area contributed by atoms with Crippen LogP contribution < -0.4 is 5.32 Å². The van der Waals surface area contributed by atoms with Gasteiger partial charge in [0.2, 0.25) is 10.0 Å². The van der Waals surface area contributed by atoms with Crippen LogP contribution >= 0.6 is 0 Å². The number of para-hydroxylation sites is 1. The lowest BCUT2D eigenvalue weighted by Crippen LogP contribution is -2.52. The third-order valence-electron chi connectivity index (χ3n) is 5.27. The van der Waals surface area contributed by atoms with E-state index < -0.39 is 39.0 Å². The molecule has 1 saturated heterocycles. The van der Waals surface area contributed by atoms with Crippen LogP contribution in [0, 0.1) is 5.92 Å². The summed E-state index contributed by atoms with van der Waals surface area (Å²) < 4.78 is 54.6. The molecule has 2 heterocycles. The normalized spacial score (nSPS) is 20.6. The van der Waals surface area contributed by atoms with Crippen LogP contribution in [0.2, 0.25) is 0 Å². The van der Waals surface area contributed by atoms with Gasteiger partial charge in [0.1, 0.15) is 5.69 Å². The zero-order valence-corrected chi connectivity index (χ0v) is 17.8. The molecule has 30 heavy (non-hydrogen) atoms. The van der Waals surface area contributed by atoms with E-state index in [0.29, 0.717) is 12.1 Å². The van der Waals surface area contributed by atoms with Crippen LogP contribution in [0.4, 0.5) is 8.78 Å². The van der Waals surface area contributed by atoms with Crippen LogP contribution in [-0.2, 0) is 10.0 Å². The number of benzene rings is 1. The van der Waals surface area contributed by atoms with Gasteiger partial charge >= 0.3 is 0 Å². The number of piperidine rings is 1. The minimum Gasteiger partial charge on any atom is -0.347 e. The van der Waals surface area contributed by atoms with Crippen molar-refractivity contribution in [2.24, 2.45) is 5.92 Å². The third-order valence-corrected chi connectivity index (χ3v) is 7.51. The molecule has 1 aliphatic heterocycles. The molecule has 1 amide bonds. The second-order valence-corrected chi connectivity index (χ2v) is 10.2. The average molecular weight is 442 g/mol. The van der Waals surface area contributed by atoms with Gasteiger partial charge in [0.25, 0.3) is 12.3 Å². The number of aromatic nitrogens is 3. The van der Waals surface area contributed by atoms with Crippen molar-refractivity contribution in [2.75, 3.05) is 13.1 Å². The minimum atomic E-state index is -3.39. The molecule has 0 radical (unpaired) electrons. The van der Waals surface area contributed by atoms with Crippen molar-refractivity contribution < 1.29 is 22.0 Å². The highest BCUT2D eigenvalue weighted by Gasteiger charge is 2.36. The summed E-state index contributed by atoms with van der Waals surface area (Å²) >= 11 is 0. The zero-order valence-electron chi connectivity index (χ0n) is 17.0. The highest BCUT2D eigenvalue weighted by atomic mass is 32.2. The Morgan fingerprint density at radius 1 is 1.23 bits per heavy atom. The highest BCUT2D eigenvalue weighted by Crippen LogP contribution is 2.26. The standard InChI is InChI=1S/C19H25F2N5O3S/c1-12(2)30(28,29)25-10-9-15(13(3)11-25)22-19(27)16-17(18(20)21)26(24-23-16)14-7-5-4-6-8-14/h4-8,12-13,15,18H,9-11H2,1-3H3,(H,22,27). The maximum absolute atomic E-state index is 13.7. The Morgan fingerprint density at radius 2 is 1.90 bits per heavy atom. The molecule has 2 unspecified atom stereocenters. The van der Waals surface area contributed by atoms with E-state index in [-0.39, 0.29) is 25.0 Å². The van der Waals surface area contributed by atoms with Gasteiger partial charge in [0.15, 0.2) is 5.69 Å². The third kappa shape index (κ3) is 4.36. The largest absolute Gasteiger partial charge is 0.347 e. The lowest BCUT2D eigenvalue weighted by atomic mass is 9.95. The molecule has 0 saturated carbocycles. The minimum absolute atomic E-state index is 0.185. The van der Waals surface area contributed by atoms with E-state index in [0.717, 1.165) is 4.68 Å². The van der Waals surface area contributed by atoms with E-state index in [9.17, 15) is 22.0 Å². The van der Waals surface area contributed by atoms with Crippen LogP contribution in [0.1, 0.15) is 49.8 Å². The Balaban J connectivity index is 1.77. The number of amides is 1. The van der Waals surface area contributed by atoms with Crippen molar-refractivity contribution in [1.82, 2.24) is 24.6 Å². The number of hydrogen-bond acceptors (Lipinski definition) is 5. The molecule has 1 N–H and O–H groups in total. The van der Waals surface area contributed by atoms with Crippen LogP contribution in [0.5, 0.6) is 0 Å². The summed E-state index contributed by atoms with van der Waals surface area (Å²) in [5.74, 6) is -0.931. The molecular weight excluding hydrogens is 416 g/mol. The maximum Gasteiger partial charge on any atom is 0.282 e. The van der Waals surface area contributed by atoms with Crippen molar-refractivity contribution in [3.8, 4) is 5.69 Å². The maximum atomic E-state index is 13.7. The summed E-state index contributed by atoms with van der Waals surface area (Å²) in [6, 6.07) is 7.91. The quantitative estimate of drug-likeness (QED) is 0.742. The molecular formula is C19H25F2N5O3S. The molecule has 1 aromatic carbocycles. The summed E-state index contributed by atoms with van der Waals surface area (Å²) in [7, 11) is -3.39. The van der Waals surface area contributed by atoms with Gasteiger partial charge in [0.05, 0.1) is 10.9 Å². The molecule has 0 aliphatic carbocycles. The Kier molecular flexibility index (Phi) is 6.51. The molecule has 164 valence electrons. The van der Waals surface area contributed by atoms with Crippen molar-refractivity contribution in [3.05, 3.63) is 41.7 Å². The van der Waals surface area contributed by atoms with Gasteiger partial charge in [-0.05, 0) is 38.3 Å². The van der Waals surface area contributed by atoms with E-state index in [1.54, 1.807) is 44.2 Å². The van der Waals surface area contributed by atoms with Gasteiger partial charge in [-0.1, -0.05) is 30.3 Å². The smallest absolute Gasteiger partial charge is 0.282 e. The Hall–Kier alpha value is -2.40. The molecule has 0 spiro atoms. The van der Waals surface area contributed by atoms with Crippen LogP contribution in [0.3, 0.4) is 0 Å². The molecule has 2 atom stereocenters. The van der Waals surface area contributed by atoms with E-state index in [1.807, 2.05) is 6.92 Å². The molecule has 3 rings (SSSR count). The van der Waals surface area contributed by atoms with Crippen LogP contribution in [-0.4, -0.2) is 58.0 Å². The molecule has 8 nitrogen and oxygen atoms in total. The number of carbonyl (C=O) groups is 1. The number of halogens is 2. The first-order valence-corrected chi connectivity index (χ1v) is 11.2. The number of alkyl halides is 2. The fourth-order valence-electron chi connectivity index (χ4n) is 3.49. The second-order valence-electron chi connectivity index (χ2n) is 7.67. The van der Waals surface area contributed by atoms with Crippen molar-refractivity contribution in [1.29, 1.82) is 0 Å². The summed E-state index contributed by atoms with van der Waals surface area (Å²) in [6.07, 6.45) is -2.56. The van der Waals surface area contributed by atoms with Gasteiger partial charge < -0.3 is 5.32 Å². The monoisotopic (exact) mass is 441 g/mol. The predicted octanol–water partition coefficient (Wildman–Crippen LogP) is 2.38. The summed E-state index contributed by atoms with van der Waals surface area (Å²) in [6.45, 7) is 5.57. The Bertz CT molecular complexity index is 995. The van der Waals surface area contributed by atoms with Gasteiger partial charge in [-0.2, -0.15) is 0 Å². The fraction of sp³-hybridized carbons (Fsp3) is 0.526. The number of sulfonamides is 1. The molecule has 0 bridgehead atoms. The summed E-state index contributed by atoms with van der Waals surface area (Å²) in [5.41, 5.74) is -0.635. The molecule has 2 aromatic rings. The van der Waals surface area contributed by atoms with Gasteiger partial charge in [0, 0.05) is 19.1 Å². The highest BCUT2D eigenvalue weighted by molar-refractivity contribution is 7.89. The van der Waals surface area contributed by atoms with E-state index in [2.05, 4.69) is 15.6 Å². The first-order valence-electron chi connectivity index (χ1n) is 9.72. The van der Waals surface area contributed by atoms with E-state index in [4.69, 9.17) is 0 Å². The fourth-order valence-corrected chi connectivity index (χ4v) is 4.89. The topological polar surface area (TPSA) is 97.2 Å². The summed E-state index contributed by atoms with van der Waals surface area (Å²) in [4.78, 5) is 12.7. The zero-order chi connectivity index (χ0) is 22.1. The Labute approximate surface area is 174 Å². The lowest BCUT2D eigenvalue weighted by molar-refractivity contribution is 0.0880. The average Bonchev–Trinajstić information content (AvgIpc) is 3.15. The number of hydrogen-bond donors (Lipinski definition) is 1. The summed E-state index contributed by atoms with van der Waals surface area (Å²) in [5, 5.41) is 9.65. The lowest BCUT2D eigenvalue weighted by Gasteiger charge is -2.37. The number of rotatable bonds is 6. The first kappa shape index (κ1) is 22.3. The van der Waals surface area contributed by atoms with Gasteiger partial charge in [-0.25, -0.2) is 26.2 Å². The first-order chi connectivity index (χ1) is 14.1. The number of nitrogens with zero attached hydrogens (tertiary/aromatic N) is 4. The van der Waals surface area contributed by atoms with E-state index >= 15 is 0 Å². The molecule has 1 aromatic heterocycles. The molecule has 1 aliphatic rings. The van der Waals surface area contributed by atoms with Gasteiger partial charge in [-0.15, -0.1) is 5.10 Å². The van der Waals surface area contributed by atoms with Crippen LogP contribution in [0.25, 0.3) is 5.69 Å². The van der Waals surface area contributed by atoms with E-state index in [1.165, 1.54) is 4.31 Å². The SMILES string of the molecule is CC1CN(S(=O)(=O)C(C)C)CCC1NC(=O)c1nnn(-c2ccccc2)c1C(F)F. The number of nitrogens with one attached hydrogen (secondary N) is 1. The van der Waals surface area contributed by atoms with Crippen molar-refractivity contribution >= 4 is 15.9 Å².